The topological polar surface area (TPSA) is 87.7 Å². The number of carbonyl (C=O) groups is 1. The van der Waals surface area contributed by atoms with Gasteiger partial charge in [-0.15, -0.1) is 0 Å². The third-order valence-electron chi connectivity index (χ3n) is 0.947. The Morgan fingerprint density at radius 1 is 1.80 bits per heavy atom. The minimum Gasteiger partial charge on any atom is -0.387 e. The molecule has 0 aliphatic heterocycles. The maximum absolute atomic E-state index is 10.0. The summed E-state index contributed by atoms with van der Waals surface area (Å²) in [6.45, 7) is 3.13. The van der Waals surface area contributed by atoms with Crippen molar-refractivity contribution in [1.29, 1.82) is 0 Å². The van der Waals surface area contributed by atoms with Crippen LogP contribution in [-0.4, -0.2) is 23.0 Å². The fraction of sp³-hybridized carbons (Fsp3) is 0.600. The number of nitrogens with one attached hydrogen (secondary N) is 1. The molecule has 1 atom stereocenters. The van der Waals surface area contributed by atoms with Crippen LogP contribution in [-0.2, 0) is 0 Å². The van der Waals surface area contributed by atoms with Crippen molar-refractivity contribution in [3.05, 3.63) is 0 Å². The summed E-state index contributed by atoms with van der Waals surface area (Å²) in [6, 6.07) is -0.736. The van der Waals surface area contributed by atoms with Crippen LogP contribution in [0.25, 0.3) is 0 Å². The van der Waals surface area contributed by atoms with E-state index in [0.717, 1.165) is 0 Å². The van der Waals surface area contributed by atoms with Gasteiger partial charge in [0.2, 0.25) is 0 Å². The standard InChI is InChI=1S/C5H11N3O2/c1-3(4(2)9)7-8-5(6)10/h4,9H,1-2H3,(H3,6,8,10)/b7-3+/t4-/m1/s1. The van der Waals surface area contributed by atoms with Crippen molar-refractivity contribution in [3.8, 4) is 0 Å². The Balaban J connectivity index is 3.80. The van der Waals surface area contributed by atoms with Crippen molar-refractivity contribution in [1.82, 2.24) is 5.43 Å². The SMILES string of the molecule is C/C(=N\NC(N)=O)[C@@H](C)O. The van der Waals surface area contributed by atoms with Crippen LogP contribution in [0.15, 0.2) is 5.10 Å². The van der Waals surface area contributed by atoms with Crippen LogP contribution in [0.2, 0.25) is 0 Å². The number of hydrazone groups is 1. The molecule has 0 unspecified atom stereocenters. The molecule has 0 aromatic heterocycles. The maximum Gasteiger partial charge on any atom is 0.332 e. The number of rotatable bonds is 2. The van der Waals surface area contributed by atoms with Gasteiger partial charge in [0.05, 0.1) is 11.8 Å². The van der Waals surface area contributed by atoms with Gasteiger partial charge in [-0.1, -0.05) is 0 Å². The van der Waals surface area contributed by atoms with E-state index in [1.807, 2.05) is 5.43 Å². The van der Waals surface area contributed by atoms with E-state index in [4.69, 9.17) is 10.8 Å². The fourth-order valence-corrected chi connectivity index (χ4v) is 0.237. The molecule has 0 radical (unpaired) electrons. The van der Waals surface area contributed by atoms with Gasteiger partial charge < -0.3 is 10.8 Å². The summed E-state index contributed by atoms with van der Waals surface area (Å²) < 4.78 is 0. The van der Waals surface area contributed by atoms with Crippen LogP contribution < -0.4 is 11.2 Å². The summed E-state index contributed by atoms with van der Waals surface area (Å²) in [7, 11) is 0. The minimum absolute atomic E-state index is 0.416. The number of nitrogens with zero attached hydrogens (tertiary/aromatic N) is 1. The summed E-state index contributed by atoms with van der Waals surface area (Å²) >= 11 is 0. The van der Waals surface area contributed by atoms with E-state index < -0.39 is 12.1 Å². The van der Waals surface area contributed by atoms with E-state index in [9.17, 15) is 4.79 Å². The molecule has 0 bridgehead atoms. The highest BCUT2D eigenvalue weighted by Crippen LogP contribution is 1.83. The van der Waals surface area contributed by atoms with E-state index in [1.165, 1.54) is 0 Å². The molecule has 0 aliphatic rings. The second-order valence-electron chi connectivity index (χ2n) is 1.91. The fourth-order valence-electron chi connectivity index (χ4n) is 0.237. The van der Waals surface area contributed by atoms with Crippen LogP contribution in [0.3, 0.4) is 0 Å². The smallest absolute Gasteiger partial charge is 0.332 e. The van der Waals surface area contributed by atoms with Gasteiger partial charge in [-0.3, -0.25) is 0 Å². The van der Waals surface area contributed by atoms with Crippen LogP contribution in [0.4, 0.5) is 4.79 Å². The van der Waals surface area contributed by atoms with Crippen molar-refractivity contribution in [2.45, 2.75) is 20.0 Å². The third-order valence-corrected chi connectivity index (χ3v) is 0.947. The van der Waals surface area contributed by atoms with Gasteiger partial charge >= 0.3 is 6.03 Å². The first-order valence-electron chi connectivity index (χ1n) is 2.81. The monoisotopic (exact) mass is 145 g/mol. The quantitative estimate of drug-likeness (QED) is 0.358. The van der Waals surface area contributed by atoms with Crippen LogP contribution in [0, 0.1) is 0 Å². The van der Waals surface area contributed by atoms with Crippen LogP contribution in [0.5, 0.6) is 0 Å². The molecule has 0 spiro atoms. The van der Waals surface area contributed by atoms with Crippen molar-refractivity contribution in [2.24, 2.45) is 10.8 Å². The summed E-state index contributed by atoms with van der Waals surface area (Å²) in [6.07, 6.45) is -0.660. The summed E-state index contributed by atoms with van der Waals surface area (Å²) in [5.41, 5.74) is 7.11. The summed E-state index contributed by atoms with van der Waals surface area (Å²) in [5, 5.41) is 12.3. The lowest BCUT2D eigenvalue weighted by molar-refractivity contribution is 0.248. The number of hydrogen-bond acceptors (Lipinski definition) is 3. The lowest BCUT2D eigenvalue weighted by Crippen LogP contribution is -2.27. The zero-order valence-electron chi connectivity index (χ0n) is 5.96. The number of nitrogens with two attached hydrogens (primary N) is 1. The predicted octanol–water partition coefficient (Wildman–Crippen LogP) is -0.589. The highest BCUT2D eigenvalue weighted by molar-refractivity contribution is 5.86. The van der Waals surface area contributed by atoms with Crippen molar-refractivity contribution < 1.29 is 9.90 Å². The number of hydrogen-bond donors (Lipinski definition) is 3. The van der Waals surface area contributed by atoms with Gasteiger partial charge in [0.1, 0.15) is 0 Å². The summed E-state index contributed by atoms with van der Waals surface area (Å²) in [4.78, 5) is 10.0. The van der Waals surface area contributed by atoms with E-state index in [2.05, 4.69) is 5.10 Å². The largest absolute Gasteiger partial charge is 0.387 e. The molecule has 0 saturated heterocycles. The van der Waals surface area contributed by atoms with Gasteiger partial charge in [-0.25, -0.2) is 10.2 Å². The number of primary amides is 1. The summed E-state index contributed by atoms with van der Waals surface area (Å²) in [5.74, 6) is 0. The molecule has 0 aromatic rings. The Bertz CT molecular complexity index is 153. The second-order valence-corrected chi connectivity index (χ2v) is 1.91. The molecule has 58 valence electrons. The normalized spacial score (nSPS) is 14.5. The molecule has 2 amide bonds. The van der Waals surface area contributed by atoms with Gasteiger partial charge in [0, 0.05) is 0 Å². The highest BCUT2D eigenvalue weighted by atomic mass is 16.3. The predicted molar refractivity (Wildman–Crippen MR) is 37.5 cm³/mol. The van der Waals surface area contributed by atoms with E-state index in [0.29, 0.717) is 5.71 Å². The number of carbonyl (C=O) groups excluding carboxylic acids is 1. The first kappa shape index (κ1) is 8.90. The molecule has 0 saturated carbocycles. The van der Waals surface area contributed by atoms with E-state index in [-0.39, 0.29) is 0 Å². The first-order chi connectivity index (χ1) is 4.54. The number of urea groups is 1. The lowest BCUT2D eigenvalue weighted by Gasteiger charge is -2.01. The van der Waals surface area contributed by atoms with Crippen molar-refractivity contribution in [3.63, 3.8) is 0 Å². The van der Waals surface area contributed by atoms with Gasteiger partial charge in [0.25, 0.3) is 0 Å². The molecule has 0 aliphatic carbocycles. The molecular weight excluding hydrogens is 134 g/mol. The number of aliphatic hydroxyl groups is 1. The average Bonchev–Trinajstić information content (AvgIpc) is 1.82. The molecule has 10 heavy (non-hydrogen) atoms. The zero-order valence-corrected chi connectivity index (χ0v) is 5.96. The second kappa shape index (κ2) is 3.84. The van der Waals surface area contributed by atoms with Crippen molar-refractivity contribution >= 4 is 11.7 Å². The molecular formula is C5H11N3O2. The Morgan fingerprint density at radius 2 is 2.30 bits per heavy atom. The highest BCUT2D eigenvalue weighted by Gasteiger charge is 1.98. The first-order valence-corrected chi connectivity index (χ1v) is 2.81. The molecule has 0 rings (SSSR count). The molecule has 5 nitrogen and oxygen atoms in total. The van der Waals surface area contributed by atoms with Gasteiger partial charge in [0.15, 0.2) is 0 Å². The Morgan fingerprint density at radius 3 is 2.60 bits per heavy atom. The van der Waals surface area contributed by atoms with Gasteiger partial charge in [-0.2, -0.15) is 5.10 Å². The average molecular weight is 145 g/mol. The molecule has 0 fully saturated rings. The zero-order chi connectivity index (χ0) is 8.15. The van der Waals surface area contributed by atoms with Gasteiger partial charge in [-0.05, 0) is 13.8 Å². The Kier molecular flexibility index (Phi) is 3.42. The third kappa shape index (κ3) is 3.85. The molecule has 5 heteroatoms. The number of amides is 2. The number of aliphatic hydroxyl groups excluding tert-OH is 1. The molecule has 4 N–H and O–H groups in total. The Labute approximate surface area is 58.9 Å². The Hall–Kier alpha value is -1.10. The maximum atomic E-state index is 10.0. The van der Waals surface area contributed by atoms with E-state index in [1.54, 1.807) is 13.8 Å². The van der Waals surface area contributed by atoms with Crippen LogP contribution >= 0.6 is 0 Å². The van der Waals surface area contributed by atoms with E-state index >= 15 is 0 Å². The van der Waals surface area contributed by atoms with Crippen LogP contribution in [0.1, 0.15) is 13.8 Å². The molecule has 0 aromatic carbocycles. The van der Waals surface area contributed by atoms with Crippen molar-refractivity contribution in [2.75, 3.05) is 0 Å². The lowest BCUT2D eigenvalue weighted by atomic mass is 10.3. The molecule has 0 heterocycles. The minimum atomic E-state index is -0.736.